The molecule has 0 saturated heterocycles. The number of amides is 2. The SMILES string of the molecule is Cc1cccc(NC(=O)N2Cc3ccccc3-n3cccc3C2c2ccccc2)c1C. The number of anilines is 1. The number of benzene rings is 3. The van der Waals surface area contributed by atoms with Crippen LogP contribution in [0.25, 0.3) is 5.69 Å². The number of fused-ring (bicyclic) bond motifs is 3. The Balaban J connectivity index is 1.63. The molecule has 1 aliphatic heterocycles. The normalized spacial score (nSPS) is 15.0. The van der Waals surface area contributed by atoms with Crippen LogP contribution in [0.4, 0.5) is 10.5 Å². The number of aromatic nitrogens is 1. The summed E-state index contributed by atoms with van der Waals surface area (Å²) in [4.78, 5) is 15.7. The average Bonchev–Trinajstić information content (AvgIpc) is 3.21. The molecule has 1 unspecified atom stereocenters. The van der Waals surface area contributed by atoms with Crippen molar-refractivity contribution in [1.29, 1.82) is 0 Å². The fourth-order valence-corrected chi connectivity index (χ4v) is 4.40. The minimum absolute atomic E-state index is 0.105. The highest BCUT2D eigenvalue weighted by molar-refractivity contribution is 5.91. The van der Waals surface area contributed by atoms with Crippen molar-refractivity contribution in [3.05, 3.63) is 119 Å². The van der Waals surface area contributed by atoms with Crippen molar-refractivity contribution in [1.82, 2.24) is 9.47 Å². The third-order valence-corrected chi connectivity index (χ3v) is 6.19. The van der Waals surface area contributed by atoms with Crippen molar-refractivity contribution < 1.29 is 4.79 Å². The van der Waals surface area contributed by atoms with Gasteiger partial charge in [0.05, 0.1) is 18.3 Å². The van der Waals surface area contributed by atoms with Gasteiger partial charge in [0, 0.05) is 17.6 Å². The lowest BCUT2D eigenvalue weighted by molar-refractivity contribution is 0.194. The van der Waals surface area contributed by atoms with Crippen LogP contribution in [0.5, 0.6) is 0 Å². The van der Waals surface area contributed by atoms with Gasteiger partial charge in [-0.15, -0.1) is 0 Å². The number of aryl methyl sites for hydroxylation is 1. The predicted octanol–water partition coefficient (Wildman–Crippen LogP) is 6.23. The van der Waals surface area contributed by atoms with E-state index in [-0.39, 0.29) is 12.1 Å². The standard InChI is InChI=1S/C27H25N3O/c1-19-10-8-14-23(20(19)2)28-27(31)30-18-22-13-6-7-15-24(22)29-17-9-16-25(29)26(30)21-11-4-3-5-12-21/h3-17,26H,18H2,1-2H3,(H,28,31). The first kappa shape index (κ1) is 19.2. The van der Waals surface area contributed by atoms with Crippen LogP contribution in [0.1, 0.15) is 34.0 Å². The molecule has 2 amide bonds. The summed E-state index contributed by atoms with van der Waals surface area (Å²) in [7, 11) is 0. The van der Waals surface area contributed by atoms with Gasteiger partial charge < -0.3 is 14.8 Å². The number of hydrogen-bond donors (Lipinski definition) is 1. The lowest BCUT2D eigenvalue weighted by Crippen LogP contribution is -2.38. The van der Waals surface area contributed by atoms with E-state index >= 15 is 0 Å². The fourth-order valence-electron chi connectivity index (χ4n) is 4.40. The molecule has 31 heavy (non-hydrogen) atoms. The van der Waals surface area contributed by atoms with Crippen LogP contribution in [0.15, 0.2) is 91.1 Å². The second kappa shape index (κ2) is 7.80. The second-order valence-electron chi connectivity index (χ2n) is 8.05. The highest BCUT2D eigenvalue weighted by Crippen LogP contribution is 2.37. The number of para-hydroxylation sites is 1. The molecule has 1 atom stereocenters. The Bertz CT molecular complexity index is 1240. The topological polar surface area (TPSA) is 37.3 Å². The highest BCUT2D eigenvalue weighted by Gasteiger charge is 2.33. The molecule has 4 nitrogen and oxygen atoms in total. The number of urea groups is 1. The Morgan fingerprint density at radius 2 is 1.65 bits per heavy atom. The molecule has 154 valence electrons. The summed E-state index contributed by atoms with van der Waals surface area (Å²) in [5.74, 6) is 0. The van der Waals surface area contributed by atoms with Gasteiger partial charge in [-0.25, -0.2) is 4.79 Å². The average molecular weight is 408 g/mol. The van der Waals surface area contributed by atoms with Gasteiger partial charge in [-0.2, -0.15) is 0 Å². The van der Waals surface area contributed by atoms with Crippen molar-refractivity contribution in [3.63, 3.8) is 0 Å². The number of nitrogens with one attached hydrogen (secondary N) is 1. The fraction of sp³-hybridized carbons (Fsp3) is 0.148. The zero-order valence-corrected chi connectivity index (χ0v) is 17.7. The Morgan fingerprint density at radius 1 is 0.871 bits per heavy atom. The van der Waals surface area contributed by atoms with Crippen molar-refractivity contribution in [2.24, 2.45) is 0 Å². The molecule has 1 aromatic heterocycles. The molecule has 5 rings (SSSR count). The van der Waals surface area contributed by atoms with E-state index in [1.54, 1.807) is 0 Å². The second-order valence-corrected chi connectivity index (χ2v) is 8.05. The summed E-state index contributed by atoms with van der Waals surface area (Å²) in [6.07, 6.45) is 2.08. The van der Waals surface area contributed by atoms with Crippen LogP contribution < -0.4 is 5.32 Å². The molecule has 3 aromatic carbocycles. The maximum Gasteiger partial charge on any atom is 0.322 e. The van der Waals surface area contributed by atoms with Crippen LogP contribution in [0.2, 0.25) is 0 Å². The van der Waals surface area contributed by atoms with Gasteiger partial charge in [0.2, 0.25) is 0 Å². The van der Waals surface area contributed by atoms with Gasteiger partial charge in [0.15, 0.2) is 0 Å². The van der Waals surface area contributed by atoms with Gasteiger partial charge in [-0.3, -0.25) is 0 Å². The van der Waals surface area contributed by atoms with E-state index < -0.39 is 0 Å². The summed E-state index contributed by atoms with van der Waals surface area (Å²) in [5.41, 5.74) is 7.50. The van der Waals surface area contributed by atoms with Gasteiger partial charge in [-0.05, 0) is 60.4 Å². The Kier molecular flexibility index (Phi) is 4.83. The van der Waals surface area contributed by atoms with Crippen molar-refractivity contribution >= 4 is 11.7 Å². The monoisotopic (exact) mass is 407 g/mol. The largest absolute Gasteiger partial charge is 0.322 e. The molecule has 0 spiro atoms. The summed E-state index contributed by atoms with van der Waals surface area (Å²) in [6, 6.07) is 28.4. The van der Waals surface area contributed by atoms with Gasteiger partial charge >= 0.3 is 6.03 Å². The van der Waals surface area contributed by atoms with Crippen LogP contribution >= 0.6 is 0 Å². The molecule has 0 aliphatic carbocycles. The third kappa shape index (κ3) is 3.40. The molecule has 4 heteroatoms. The molecule has 1 N–H and O–H groups in total. The van der Waals surface area contributed by atoms with E-state index in [0.717, 1.165) is 39.3 Å². The summed E-state index contributed by atoms with van der Waals surface area (Å²) in [6.45, 7) is 4.63. The molecular formula is C27H25N3O. The van der Waals surface area contributed by atoms with Crippen LogP contribution in [-0.4, -0.2) is 15.5 Å². The summed E-state index contributed by atoms with van der Waals surface area (Å²) < 4.78 is 2.21. The molecule has 0 radical (unpaired) electrons. The predicted molar refractivity (Wildman–Crippen MR) is 125 cm³/mol. The van der Waals surface area contributed by atoms with E-state index in [1.807, 2.05) is 60.4 Å². The first-order valence-electron chi connectivity index (χ1n) is 10.6. The first-order valence-corrected chi connectivity index (χ1v) is 10.6. The van der Waals surface area contributed by atoms with Gasteiger partial charge in [-0.1, -0.05) is 60.7 Å². The van der Waals surface area contributed by atoms with E-state index in [2.05, 4.69) is 59.4 Å². The quantitative estimate of drug-likeness (QED) is 0.420. The zero-order chi connectivity index (χ0) is 21.4. The molecule has 0 saturated carbocycles. The molecule has 0 fully saturated rings. The zero-order valence-electron chi connectivity index (χ0n) is 17.7. The Labute approximate surface area is 182 Å². The number of carbonyl (C=O) groups excluding carboxylic acids is 1. The number of hydrogen-bond acceptors (Lipinski definition) is 1. The molecule has 4 aromatic rings. The van der Waals surface area contributed by atoms with Crippen molar-refractivity contribution in [3.8, 4) is 5.69 Å². The molecule has 2 heterocycles. The lowest BCUT2D eigenvalue weighted by Gasteiger charge is -2.31. The van der Waals surface area contributed by atoms with E-state index in [0.29, 0.717) is 6.54 Å². The maximum absolute atomic E-state index is 13.7. The third-order valence-electron chi connectivity index (χ3n) is 6.19. The molecular weight excluding hydrogens is 382 g/mol. The first-order chi connectivity index (χ1) is 15.1. The summed E-state index contributed by atoms with van der Waals surface area (Å²) >= 11 is 0. The minimum atomic E-state index is -0.200. The van der Waals surface area contributed by atoms with E-state index in [4.69, 9.17) is 0 Å². The maximum atomic E-state index is 13.7. The lowest BCUT2D eigenvalue weighted by atomic mass is 10.0. The number of rotatable bonds is 2. The smallest absolute Gasteiger partial charge is 0.318 e. The van der Waals surface area contributed by atoms with Crippen LogP contribution in [0, 0.1) is 13.8 Å². The van der Waals surface area contributed by atoms with Gasteiger partial charge in [0.1, 0.15) is 0 Å². The van der Waals surface area contributed by atoms with Crippen molar-refractivity contribution in [2.45, 2.75) is 26.4 Å². The highest BCUT2D eigenvalue weighted by atomic mass is 16.2. The molecule has 0 bridgehead atoms. The minimum Gasteiger partial charge on any atom is -0.318 e. The molecule has 1 aliphatic rings. The van der Waals surface area contributed by atoms with Crippen LogP contribution in [0.3, 0.4) is 0 Å². The van der Waals surface area contributed by atoms with Crippen LogP contribution in [-0.2, 0) is 6.54 Å². The Hall–Kier alpha value is -3.79. The number of carbonyl (C=O) groups is 1. The van der Waals surface area contributed by atoms with Crippen molar-refractivity contribution in [2.75, 3.05) is 5.32 Å². The van der Waals surface area contributed by atoms with E-state index in [9.17, 15) is 4.79 Å². The summed E-state index contributed by atoms with van der Waals surface area (Å²) in [5, 5.41) is 3.18. The van der Waals surface area contributed by atoms with Gasteiger partial charge in [0.25, 0.3) is 0 Å². The van der Waals surface area contributed by atoms with E-state index in [1.165, 1.54) is 0 Å². The Morgan fingerprint density at radius 3 is 2.48 bits per heavy atom. The number of nitrogens with zero attached hydrogens (tertiary/aromatic N) is 2.